The number of nitrogens with zero attached hydrogens (tertiary/aromatic N) is 3. The van der Waals surface area contributed by atoms with E-state index in [-0.39, 0.29) is 6.04 Å². The maximum absolute atomic E-state index is 4.66. The molecule has 1 aromatic heterocycles. The van der Waals surface area contributed by atoms with Gasteiger partial charge in [-0.1, -0.05) is 24.3 Å². The lowest BCUT2D eigenvalue weighted by Crippen LogP contribution is -2.16. The number of aromatic nitrogens is 2. The average molecular weight is 260 g/mol. The molecule has 0 amide bonds. The number of benzene rings is 2. The number of fused-ring (bicyclic) bond motifs is 2. The fourth-order valence-corrected chi connectivity index (χ4v) is 2.34. The minimum atomic E-state index is -0.0398. The molecule has 1 aliphatic rings. The number of para-hydroxylation sites is 4. The maximum atomic E-state index is 4.66. The predicted molar refractivity (Wildman–Crippen MR) is 80.5 cm³/mol. The van der Waals surface area contributed by atoms with Gasteiger partial charge >= 0.3 is 0 Å². The van der Waals surface area contributed by atoms with Crippen LogP contribution in [0.15, 0.2) is 59.7 Å². The van der Waals surface area contributed by atoms with Crippen molar-refractivity contribution in [3.63, 3.8) is 0 Å². The van der Waals surface area contributed by atoms with Crippen LogP contribution in [0.25, 0.3) is 11.0 Å². The highest BCUT2D eigenvalue weighted by atomic mass is 15.0. The molecular formula is C16H12N4. The van der Waals surface area contributed by atoms with Crippen molar-refractivity contribution >= 4 is 28.6 Å². The fourth-order valence-electron chi connectivity index (χ4n) is 2.34. The van der Waals surface area contributed by atoms with Crippen molar-refractivity contribution in [3.05, 3.63) is 60.4 Å². The quantitative estimate of drug-likeness (QED) is 0.728. The molecule has 0 saturated heterocycles. The Morgan fingerprint density at radius 3 is 2.65 bits per heavy atom. The van der Waals surface area contributed by atoms with E-state index >= 15 is 0 Å². The predicted octanol–water partition coefficient (Wildman–Crippen LogP) is 3.50. The number of rotatable bonds is 1. The van der Waals surface area contributed by atoms with E-state index in [1.54, 1.807) is 6.20 Å². The first-order chi connectivity index (χ1) is 9.90. The van der Waals surface area contributed by atoms with Gasteiger partial charge in [0.25, 0.3) is 0 Å². The lowest BCUT2D eigenvalue weighted by Gasteiger charge is -2.20. The monoisotopic (exact) mass is 260 g/mol. The van der Waals surface area contributed by atoms with E-state index < -0.39 is 0 Å². The summed E-state index contributed by atoms with van der Waals surface area (Å²) in [4.78, 5) is 13.6. The third kappa shape index (κ3) is 1.82. The van der Waals surface area contributed by atoms with Crippen molar-refractivity contribution < 1.29 is 0 Å². The highest BCUT2D eigenvalue weighted by Gasteiger charge is 2.16. The maximum Gasteiger partial charge on any atom is 0.106 e. The molecule has 0 spiro atoms. The van der Waals surface area contributed by atoms with E-state index in [2.05, 4.69) is 20.3 Å². The minimum Gasteiger partial charge on any atom is -0.370 e. The van der Waals surface area contributed by atoms with Crippen molar-refractivity contribution in [2.24, 2.45) is 4.99 Å². The zero-order valence-corrected chi connectivity index (χ0v) is 10.7. The molecule has 1 N–H and O–H groups in total. The fraction of sp³-hybridized carbons (Fsp3) is 0.0625. The van der Waals surface area contributed by atoms with E-state index in [0.29, 0.717) is 0 Å². The van der Waals surface area contributed by atoms with Crippen LogP contribution < -0.4 is 5.32 Å². The molecule has 4 heteroatoms. The van der Waals surface area contributed by atoms with Gasteiger partial charge in [0.15, 0.2) is 0 Å². The Hall–Kier alpha value is -2.75. The zero-order chi connectivity index (χ0) is 13.4. The van der Waals surface area contributed by atoms with Gasteiger partial charge in [-0.05, 0) is 24.3 Å². The summed E-state index contributed by atoms with van der Waals surface area (Å²) in [6.07, 6.45) is 3.68. The van der Waals surface area contributed by atoms with Crippen LogP contribution in [0.1, 0.15) is 11.7 Å². The standard InChI is InChI=1S/C16H12N4/c1-3-7-13-11(5-1)17-9-15(19-13)16-10-18-12-6-2-4-8-14(12)20-16/h1-10,15,19H. The summed E-state index contributed by atoms with van der Waals surface area (Å²) in [6, 6.07) is 15.8. The summed E-state index contributed by atoms with van der Waals surface area (Å²) in [5.41, 5.74) is 4.66. The van der Waals surface area contributed by atoms with Crippen molar-refractivity contribution in [1.82, 2.24) is 9.97 Å². The Kier molecular flexibility index (Phi) is 2.45. The molecule has 2 aromatic carbocycles. The molecule has 4 nitrogen and oxygen atoms in total. The summed E-state index contributed by atoms with van der Waals surface area (Å²) in [5.74, 6) is 0. The first-order valence-electron chi connectivity index (χ1n) is 6.51. The van der Waals surface area contributed by atoms with Gasteiger partial charge in [0, 0.05) is 6.21 Å². The van der Waals surface area contributed by atoms with Gasteiger partial charge in [0.2, 0.25) is 0 Å². The summed E-state index contributed by atoms with van der Waals surface area (Å²) >= 11 is 0. The molecule has 0 fully saturated rings. The van der Waals surface area contributed by atoms with Crippen LogP contribution in [-0.2, 0) is 0 Å². The van der Waals surface area contributed by atoms with Crippen molar-refractivity contribution in [2.45, 2.75) is 6.04 Å². The topological polar surface area (TPSA) is 50.2 Å². The summed E-state index contributed by atoms with van der Waals surface area (Å²) in [5, 5.41) is 3.43. The third-order valence-electron chi connectivity index (χ3n) is 3.36. The van der Waals surface area contributed by atoms with E-state index in [9.17, 15) is 0 Å². The van der Waals surface area contributed by atoms with Gasteiger partial charge in [-0.15, -0.1) is 0 Å². The Morgan fingerprint density at radius 2 is 1.70 bits per heavy atom. The molecule has 1 aliphatic heterocycles. The summed E-state index contributed by atoms with van der Waals surface area (Å²) in [6.45, 7) is 0. The third-order valence-corrected chi connectivity index (χ3v) is 3.36. The molecule has 1 unspecified atom stereocenters. The molecule has 2 heterocycles. The van der Waals surface area contributed by atoms with Crippen LogP contribution in [0.2, 0.25) is 0 Å². The lowest BCUT2D eigenvalue weighted by molar-refractivity contribution is 0.967. The first-order valence-corrected chi connectivity index (χ1v) is 6.51. The van der Waals surface area contributed by atoms with Crippen LogP contribution in [0, 0.1) is 0 Å². The van der Waals surface area contributed by atoms with Crippen LogP contribution >= 0.6 is 0 Å². The molecule has 0 aliphatic carbocycles. The molecule has 20 heavy (non-hydrogen) atoms. The number of nitrogens with one attached hydrogen (secondary N) is 1. The van der Waals surface area contributed by atoms with E-state index in [1.165, 1.54) is 0 Å². The Balaban J connectivity index is 1.74. The number of hydrogen-bond donors (Lipinski definition) is 1. The molecule has 3 aromatic rings. The van der Waals surface area contributed by atoms with Crippen molar-refractivity contribution in [3.8, 4) is 0 Å². The molecule has 0 bridgehead atoms. The number of aliphatic imine (C=N–C) groups is 1. The molecule has 96 valence electrons. The second kappa shape index (κ2) is 4.42. The largest absolute Gasteiger partial charge is 0.370 e. The van der Waals surface area contributed by atoms with Gasteiger partial charge in [-0.3, -0.25) is 9.98 Å². The van der Waals surface area contributed by atoms with Crippen molar-refractivity contribution in [2.75, 3.05) is 5.32 Å². The van der Waals surface area contributed by atoms with Gasteiger partial charge in [0.1, 0.15) is 6.04 Å². The highest BCUT2D eigenvalue weighted by molar-refractivity contribution is 5.84. The van der Waals surface area contributed by atoms with Crippen LogP contribution in [0.3, 0.4) is 0 Å². The van der Waals surface area contributed by atoms with E-state index in [4.69, 9.17) is 0 Å². The normalized spacial score (nSPS) is 16.7. The summed E-state index contributed by atoms with van der Waals surface area (Å²) < 4.78 is 0. The minimum absolute atomic E-state index is 0.0398. The molecular weight excluding hydrogens is 248 g/mol. The SMILES string of the molecule is C1=Nc2ccccc2NC1c1cnc2ccccc2n1. The van der Waals surface area contributed by atoms with Crippen LogP contribution in [-0.4, -0.2) is 16.2 Å². The molecule has 0 radical (unpaired) electrons. The second-order valence-electron chi connectivity index (χ2n) is 4.70. The molecule has 4 rings (SSSR count). The van der Waals surface area contributed by atoms with Gasteiger partial charge < -0.3 is 5.32 Å². The van der Waals surface area contributed by atoms with E-state index in [0.717, 1.165) is 28.1 Å². The van der Waals surface area contributed by atoms with Crippen LogP contribution in [0.5, 0.6) is 0 Å². The highest BCUT2D eigenvalue weighted by Crippen LogP contribution is 2.31. The summed E-state index contributed by atoms with van der Waals surface area (Å²) in [7, 11) is 0. The van der Waals surface area contributed by atoms with E-state index in [1.807, 2.05) is 54.7 Å². The van der Waals surface area contributed by atoms with Gasteiger partial charge in [0.05, 0.1) is 34.3 Å². The average Bonchev–Trinajstić information content (AvgIpc) is 2.54. The van der Waals surface area contributed by atoms with Crippen molar-refractivity contribution in [1.29, 1.82) is 0 Å². The first kappa shape index (κ1) is 11.1. The number of hydrogen-bond acceptors (Lipinski definition) is 4. The van der Waals surface area contributed by atoms with Gasteiger partial charge in [-0.2, -0.15) is 0 Å². The van der Waals surface area contributed by atoms with Gasteiger partial charge in [-0.25, -0.2) is 4.98 Å². The second-order valence-corrected chi connectivity index (χ2v) is 4.70. The molecule has 0 saturated carbocycles. The number of anilines is 1. The Morgan fingerprint density at radius 1 is 0.900 bits per heavy atom. The molecule has 1 atom stereocenters. The zero-order valence-electron chi connectivity index (χ0n) is 10.7. The Labute approximate surface area is 116 Å². The smallest absolute Gasteiger partial charge is 0.106 e. The Bertz CT molecular complexity index is 810. The van der Waals surface area contributed by atoms with Crippen LogP contribution in [0.4, 0.5) is 11.4 Å². The lowest BCUT2D eigenvalue weighted by atomic mass is 10.1.